The Morgan fingerprint density at radius 1 is 0.917 bits per heavy atom. The molecular formula is C39H52N4O5. The fraction of sp³-hybridized carbons (Fsp3) is 0.538. The molecule has 2 heterocycles. The van der Waals surface area contributed by atoms with Crippen molar-refractivity contribution in [3.63, 3.8) is 0 Å². The molecule has 2 aromatic carbocycles. The number of ether oxygens (including phenoxy) is 1. The lowest BCUT2D eigenvalue weighted by Gasteiger charge is -2.32. The number of benzene rings is 2. The van der Waals surface area contributed by atoms with E-state index in [-0.39, 0.29) is 30.1 Å². The second-order valence-electron chi connectivity index (χ2n) is 14.0. The summed E-state index contributed by atoms with van der Waals surface area (Å²) in [5, 5.41) is 19.8. The monoisotopic (exact) mass is 656 g/mol. The van der Waals surface area contributed by atoms with E-state index in [1.165, 1.54) is 6.42 Å². The second-order valence-corrected chi connectivity index (χ2v) is 14.0. The maximum absolute atomic E-state index is 14.2. The number of aliphatic hydroxyl groups excluding tert-OH is 1. The van der Waals surface area contributed by atoms with Gasteiger partial charge >= 0.3 is 0 Å². The number of aromatic nitrogens is 1. The van der Waals surface area contributed by atoms with Gasteiger partial charge < -0.3 is 25.4 Å². The topological polar surface area (TPSA) is 121 Å². The number of aliphatic hydroxyl groups is 1. The van der Waals surface area contributed by atoms with E-state index in [0.717, 1.165) is 42.0 Å². The van der Waals surface area contributed by atoms with E-state index >= 15 is 0 Å². The SMILES string of the molecule is CC(C)C[C@H](NC(=O)[C@@H](CC(=O)N1CCOCC1)Cc1cccc2ccccc12)C(=O)N[C@@H](CC1CCCCC1)[C@@H](O)c1ccccn1. The van der Waals surface area contributed by atoms with Gasteiger partial charge in [-0.2, -0.15) is 0 Å². The summed E-state index contributed by atoms with van der Waals surface area (Å²) >= 11 is 0. The normalized spacial score (nSPS) is 18.2. The minimum Gasteiger partial charge on any atom is -0.385 e. The van der Waals surface area contributed by atoms with Crippen LogP contribution in [-0.4, -0.2) is 71.1 Å². The van der Waals surface area contributed by atoms with E-state index in [2.05, 4.69) is 15.6 Å². The van der Waals surface area contributed by atoms with E-state index in [4.69, 9.17) is 4.74 Å². The van der Waals surface area contributed by atoms with Crippen LogP contribution in [0.2, 0.25) is 0 Å². The Morgan fingerprint density at radius 2 is 1.65 bits per heavy atom. The number of pyridine rings is 1. The van der Waals surface area contributed by atoms with Gasteiger partial charge in [0.1, 0.15) is 12.1 Å². The maximum Gasteiger partial charge on any atom is 0.242 e. The quantitative estimate of drug-likeness (QED) is 0.215. The van der Waals surface area contributed by atoms with Crippen LogP contribution in [0.3, 0.4) is 0 Å². The fourth-order valence-electron chi connectivity index (χ4n) is 7.23. The Labute approximate surface area is 284 Å². The van der Waals surface area contributed by atoms with Gasteiger partial charge in [0.15, 0.2) is 0 Å². The molecule has 2 fully saturated rings. The van der Waals surface area contributed by atoms with Crippen molar-refractivity contribution in [2.24, 2.45) is 17.8 Å². The molecule has 1 aromatic heterocycles. The number of fused-ring (bicyclic) bond motifs is 1. The van der Waals surface area contributed by atoms with Crippen LogP contribution in [0.4, 0.5) is 0 Å². The Hall–Kier alpha value is -3.82. The van der Waals surface area contributed by atoms with Crippen molar-refractivity contribution in [1.82, 2.24) is 20.5 Å². The van der Waals surface area contributed by atoms with Crippen LogP contribution in [0.25, 0.3) is 10.8 Å². The molecule has 0 spiro atoms. The van der Waals surface area contributed by atoms with E-state index in [1.807, 2.05) is 62.4 Å². The zero-order valence-electron chi connectivity index (χ0n) is 28.5. The molecule has 1 aliphatic heterocycles. The first-order chi connectivity index (χ1) is 23.3. The smallest absolute Gasteiger partial charge is 0.242 e. The molecule has 1 aliphatic carbocycles. The number of nitrogens with one attached hydrogen (secondary N) is 2. The molecule has 3 amide bonds. The summed E-state index contributed by atoms with van der Waals surface area (Å²) in [6.07, 6.45) is 7.79. The average molecular weight is 657 g/mol. The van der Waals surface area contributed by atoms with Gasteiger partial charge in [-0.05, 0) is 59.6 Å². The Morgan fingerprint density at radius 3 is 2.38 bits per heavy atom. The van der Waals surface area contributed by atoms with Crippen LogP contribution in [0.15, 0.2) is 66.9 Å². The van der Waals surface area contributed by atoms with Crippen LogP contribution >= 0.6 is 0 Å². The molecule has 1 saturated heterocycles. The van der Waals surface area contributed by atoms with Gasteiger partial charge in [-0.1, -0.05) is 94.5 Å². The number of hydrogen-bond acceptors (Lipinski definition) is 6. The first kappa shape index (κ1) is 35.5. The molecule has 258 valence electrons. The largest absolute Gasteiger partial charge is 0.385 e. The molecule has 5 rings (SSSR count). The van der Waals surface area contributed by atoms with Crippen molar-refractivity contribution in [1.29, 1.82) is 0 Å². The highest BCUT2D eigenvalue weighted by molar-refractivity contribution is 5.92. The third-order valence-corrected chi connectivity index (χ3v) is 9.85. The van der Waals surface area contributed by atoms with Crippen molar-refractivity contribution < 1.29 is 24.2 Å². The molecule has 0 bridgehead atoms. The summed E-state index contributed by atoms with van der Waals surface area (Å²) in [6.45, 7) is 6.00. The van der Waals surface area contributed by atoms with Gasteiger partial charge in [-0.15, -0.1) is 0 Å². The number of amides is 3. The minimum absolute atomic E-state index is 0.0355. The van der Waals surface area contributed by atoms with Crippen molar-refractivity contribution in [3.8, 4) is 0 Å². The summed E-state index contributed by atoms with van der Waals surface area (Å²) in [6, 6.07) is 18.1. The van der Waals surface area contributed by atoms with E-state index in [9.17, 15) is 19.5 Å². The first-order valence-corrected chi connectivity index (χ1v) is 17.8. The van der Waals surface area contributed by atoms with Gasteiger partial charge in [0.05, 0.1) is 30.9 Å². The average Bonchev–Trinajstić information content (AvgIpc) is 3.11. The van der Waals surface area contributed by atoms with Gasteiger partial charge in [0.25, 0.3) is 0 Å². The van der Waals surface area contributed by atoms with Gasteiger partial charge in [-0.25, -0.2) is 0 Å². The van der Waals surface area contributed by atoms with E-state index < -0.39 is 24.1 Å². The van der Waals surface area contributed by atoms with Crippen LogP contribution in [0.1, 0.15) is 82.6 Å². The number of hydrogen-bond donors (Lipinski definition) is 3. The Kier molecular flexibility index (Phi) is 13.0. The standard InChI is InChI=1S/C39H52N4O5/c1-27(2)23-35(39(47)41-34(24-28-11-4-3-5-12-28)37(45)33-17-8-9-18-40-33)42-38(46)31(26-36(44)43-19-21-48-22-20-43)25-30-15-10-14-29-13-6-7-16-32(29)30/h6-10,13-18,27-28,31,34-35,37,45H,3-5,11-12,19-26H2,1-2H3,(H,41,47)(H,42,46)/t31-,34+,35+,37+/m1/s1. The summed E-state index contributed by atoms with van der Waals surface area (Å²) in [7, 11) is 0. The molecule has 1 saturated carbocycles. The van der Waals surface area contributed by atoms with Crippen molar-refractivity contribution in [2.45, 2.75) is 89.8 Å². The minimum atomic E-state index is -0.974. The predicted octanol–water partition coefficient (Wildman–Crippen LogP) is 5.36. The van der Waals surface area contributed by atoms with Crippen molar-refractivity contribution in [2.75, 3.05) is 26.3 Å². The first-order valence-electron chi connectivity index (χ1n) is 17.8. The van der Waals surface area contributed by atoms with Crippen LogP contribution in [0, 0.1) is 17.8 Å². The maximum atomic E-state index is 14.2. The lowest BCUT2D eigenvalue weighted by Crippen LogP contribution is -2.53. The predicted molar refractivity (Wildman–Crippen MR) is 187 cm³/mol. The van der Waals surface area contributed by atoms with Crippen molar-refractivity contribution in [3.05, 3.63) is 78.1 Å². The number of morpholine rings is 1. The molecule has 0 unspecified atom stereocenters. The van der Waals surface area contributed by atoms with Crippen LogP contribution in [-0.2, 0) is 25.5 Å². The number of carbonyl (C=O) groups is 3. The molecular weight excluding hydrogens is 604 g/mol. The second kappa shape index (κ2) is 17.5. The van der Waals surface area contributed by atoms with Gasteiger partial charge in [-0.3, -0.25) is 19.4 Å². The van der Waals surface area contributed by atoms with Crippen molar-refractivity contribution >= 4 is 28.5 Å². The Balaban J connectivity index is 1.36. The zero-order valence-corrected chi connectivity index (χ0v) is 28.5. The molecule has 0 radical (unpaired) electrons. The van der Waals surface area contributed by atoms with E-state index in [1.54, 1.807) is 23.2 Å². The highest BCUT2D eigenvalue weighted by Gasteiger charge is 2.33. The van der Waals surface area contributed by atoms with Crippen LogP contribution in [0.5, 0.6) is 0 Å². The lowest BCUT2D eigenvalue weighted by atomic mass is 9.83. The third kappa shape index (κ3) is 9.86. The number of rotatable bonds is 14. The van der Waals surface area contributed by atoms with Gasteiger partial charge in [0, 0.05) is 25.7 Å². The number of carbonyl (C=O) groups excluding carboxylic acids is 3. The zero-order chi connectivity index (χ0) is 33.9. The molecule has 9 nitrogen and oxygen atoms in total. The molecule has 2 aliphatic rings. The van der Waals surface area contributed by atoms with Crippen LogP contribution < -0.4 is 10.6 Å². The fourth-order valence-corrected chi connectivity index (χ4v) is 7.23. The molecule has 48 heavy (non-hydrogen) atoms. The summed E-state index contributed by atoms with van der Waals surface area (Å²) in [4.78, 5) is 47.9. The number of nitrogens with zero attached hydrogens (tertiary/aromatic N) is 2. The summed E-state index contributed by atoms with van der Waals surface area (Å²) < 4.78 is 5.45. The highest BCUT2D eigenvalue weighted by atomic mass is 16.5. The molecule has 3 aromatic rings. The van der Waals surface area contributed by atoms with Gasteiger partial charge in [0.2, 0.25) is 17.7 Å². The molecule has 3 N–H and O–H groups in total. The summed E-state index contributed by atoms with van der Waals surface area (Å²) in [5.41, 5.74) is 1.50. The van der Waals surface area contributed by atoms with E-state index in [0.29, 0.717) is 57.2 Å². The molecule has 9 heteroatoms. The molecule has 4 atom stereocenters. The Bertz CT molecular complexity index is 1480. The lowest BCUT2D eigenvalue weighted by molar-refractivity contribution is -0.140. The third-order valence-electron chi connectivity index (χ3n) is 9.85. The summed E-state index contributed by atoms with van der Waals surface area (Å²) in [5.74, 6) is -0.891. The highest BCUT2D eigenvalue weighted by Crippen LogP contribution is 2.31.